The van der Waals surface area contributed by atoms with E-state index in [2.05, 4.69) is 28.6 Å². The summed E-state index contributed by atoms with van der Waals surface area (Å²) in [6.07, 6.45) is 15.3. The van der Waals surface area contributed by atoms with Crippen molar-refractivity contribution in [2.24, 2.45) is 29.6 Å². The van der Waals surface area contributed by atoms with Gasteiger partial charge in [-0.15, -0.1) is 0 Å². The Hall–Kier alpha value is -2.21. The number of rotatable bonds is 11. The number of carboxylic acid groups (broad SMARTS) is 1. The molecule has 1 aliphatic heterocycles. The summed E-state index contributed by atoms with van der Waals surface area (Å²) in [5.74, 6) is 1.69. The van der Waals surface area contributed by atoms with E-state index in [4.69, 9.17) is 5.10 Å². The Balaban J connectivity index is 1.10. The van der Waals surface area contributed by atoms with Crippen molar-refractivity contribution in [1.82, 2.24) is 14.7 Å². The van der Waals surface area contributed by atoms with Crippen LogP contribution in [0.3, 0.4) is 0 Å². The average molecular weight is 564 g/mol. The van der Waals surface area contributed by atoms with Crippen molar-refractivity contribution in [2.75, 3.05) is 19.6 Å². The quantitative estimate of drug-likeness (QED) is 0.305. The second-order valence-corrected chi connectivity index (χ2v) is 13.9. The van der Waals surface area contributed by atoms with Gasteiger partial charge in [-0.2, -0.15) is 5.10 Å². The molecule has 224 valence electrons. The lowest BCUT2D eigenvalue weighted by Gasteiger charge is -2.35. The monoisotopic (exact) mass is 563 g/mol. The minimum atomic E-state index is -0.628. The van der Waals surface area contributed by atoms with E-state index < -0.39 is 5.97 Å². The number of hydrogen-bond donors (Lipinski definition) is 1. The molecule has 1 N–H and O–H groups in total. The minimum absolute atomic E-state index is 0.186. The normalized spacial score (nSPS) is 27.3. The zero-order valence-corrected chi connectivity index (χ0v) is 25.0. The fourth-order valence-electron chi connectivity index (χ4n) is 8.65. The Labute approximate surface area is 245 Å². The van der Waals surface area contributed by atoms with Crippen molar-refractivity contribution < 1.29 is 14.3 Å². The molecule has 41 heavy (non-hydrogen) atoms. The summed E-state index contributed by atoms with van der Waals surface area (Å²) in [4.78, 5) is 14.9. The van der Waals surface area contributed by atoms with E-state index in [1.54, 1.807) is 6.07 Å². The van der Waals surface area contributed by atoms with Gasteiger partial charge in [0.25, 0.3) is 0 Å². The van der Waals surface area contributed by atoms with Crippen LogP contribution in [0.5, 0.6) is 0 Å². The summed E-state index contributed by atoms with van der Waals surface area (Å²) in [7, 11) is 0. The number of aryl methyl sites for hydroxylation is 1. The molecule has 0 bridgehead atoms. The number of benzene rings is 1. The number of piperidine rings is 1. The summed E-state index contributed by atoms with van der Waals surface area (Å²) in [5.41, 5.74) is 3.78. The highest BCUT2D eigenvalue weighted by Gasteiger charge is 2.43. The van der Waals surface area contributed by atoms with Crippen LogP contribution in [0.1, 0.15) is 113 Å². The largest absolute Gasteiger partial charge is 0.481 e. The van der Waals surface area contributed by atoms with Crippen LogP contribution >= 0.6 is 0 Å². The molecule has 1 saturated heterocycles. The molecule has 4 atom stereocenters. The molecule has 3 unspecified atom stereocenters. The molecule has 6 rings (SSSR count). The van der Waals surface area contributed by atoms with Crippen LogP contribution in [0.4, 0.5) is 4.39 Å². The number of nitrogens with zero attached hydrogens (tertiary/aromatic N) is 3. The number of hydrogen-bond acceptors (Lipinski definition) is 3. The fourth-order valence-corrected chi connectivity index (χ4v) is 8.65. The molecule has 0 spiro atoms. The van der Waals surface area contributed by atoms with Crippen LogP contribution < -0.4 is 0 Å². The number of carboxylic acids is 1. The van der Waals surface area contributed by atoms with Gasteiger partial charge >= 0.3 is 5.97 Å². The second kappa shape index (κ2) is 13.0. The highest BCUT2D eigenvalue weighted by Crippen LogP contribution is 2.49. The van der Waals surface area contributed by atoms with Gasteiger partial charge in [0.1, 0.15) is 5.82 Å². The summed E-state index contributed by atoms with van der Waals surface area (Å²) >= 11 is 0. The van der Waals surface area contributed by atoms with Gasteiger partial charge in [0, 0.05) is 24.7 Å². The summed E-state index contributed by atoms with van der Waals surface area (Å²) in [6, 6.07) is 9.51. The van der Waals surface area contributed by atoms with E-state index in [-0.39, 0.29) is 23.6 Å². The molecular formula is C35H50FN3O2. The van der Waals surface area contributed by atoms with E-state index in [0.29, 0.717) is 17.8 Å². The van der Waals surface area contributed by atoms with Gasteiger partial charge in [0.05, 0.1) is 11.6 Å². The molecule has 3 aliphatic carbocycles. The highest BCUT2D eigenvalue weighted by atomic mass is 19.1. The van der Waals surface area contributed by atoms with Crippen LogP contribution in [0.25, 0.3) is 0 Å². The molecule has 2 aromatic rings. The molecule has 0 radical (unpaired) electrons. The van der Waals surface area contributed by atoms with Crippen molar-refractivity contribution >= 4 is 5.97 Å². The maximum atomic E-state index is 14.3. The first kappa shape index (κ1) is 28.9. The van der Waals surface area contributed by atoms with Gasteiger partial charge in [0.15, 0.2) is 0 Å². The minimum Gasteiger partial charge on any atom is -0.481 e. The van der Waals surface area contributed by atoms with Gasteiger partial charge in [-0.1, -0.05) is 57.1 Å². The molecule has 6 heteroatoms. The fraction of sp³-hybridized carbons (Fsp3) is 0.714. The highest BCUT2D eigenvalue weighted by molar-refractivity contribution is 5.70. The average Bonchev–Trinajstić information content (AvgIpc) is 3.57. The Morgan fingerprint density at radius 3 is 2.49 bits per heavy atom. The zero-order valence-electron chi connectivity index (χ0n) is 25.0. The molecule has 3 saturated carbocycles. The maximum absolute atomic E-state index is 14.3. The predicted molar refractivity (Wildman–Crippen MR) is 160 cm³/mol. The molecular weight excluding hydrogens is 513 g/mol. The lowest BCUT2D eigenvalue weighted by molar-refractivity contribution is -0.144. The van der Waals surface area contributed by atoms with Crippen molar-refractivity contribution in [2.45, 2.75) is 109 Å². The number of likely N-dealkylation sites (tertiary alicyclic amines) is 1. The van der Waals surface area contributed by atoms with Gasteiger partial charge in [-0.05, 0) is 112 Å². The third kappa shape index (κ3) is 7.06. The first-order valence-corrected chi connectivity index (χ1v) is 16.7. The second-order valence-electron chi connectivity index (χ2n) is 13.9. The van der Waals surface area contributed by atoms with E-state index in [1.165, 1.54) is 62.4 Å². The molecule has 0 amide bonds. The Kier molecular flexibility index (Phi) is 9.14. The van der Waals surface area contributed by atoms with E-state index in [9.17, 15) is 14.3 Å². The third-order valence-corrected chi connectivity index (χ3v) is 11.1. The van der Waals surface area contributed by atoms with Crippen molar-refractivity contribution in [3.63, 3.8) is 0 Å². The van der Waals surface area contributed by atoms with Crippen LogP contribution in [0, 0.1) is 35.4 Å². The predicted octanol–water partition coefficient (Wildman–Crippen LogP) is 7.66. The van der Waals surface area contributed by atoms with E-state index in [0.717, 1.165) is 76.2 Å². The topological polar surface area (TPSA) is 58.4 Å². The molecule has 5 nitrogen and oxygen atoms in total. The van der Waals surface area contributed by atoms with E-state index in [1.807, 2.05) is 6.07 Å². The summed E-state index contributed by atoms with van der Waals surface area (Å²) in [5, 5.41) is 15.2. The van der Waals surface area contributed by atoms with Gasteiger partial charge < -0.3 is 10.0 Å². The summed E-state index contributed by atoms with van der Waals surface area (Å²) < 4.78 is 16.5. The van der Waals surface area contributed by atoms with Crippen molar-refractivity contribution in [3.05, 3.63) is 53.1 Å². The third-order valence-electron chi connectivity index (χ3n) is 11.1. The molecule has 1 aromatic heterocycles. The van der Waals surface area contributed by atoms with E-state index >= 15 is 0 Å². The lowest BCUT2D eigenvalue weighted by atomic mass is 9.85. The Morgan fingerprint density at radius 1 is 1.02 bits per heavy atom. The molecule has 2 heterocycles. The van der Waals surface area contributed by atoms with Crippen LogP contribution in [-0.2, 0) is 17.8 Å². The smallest absolute Gasteiger partial charge is 0.306 e. The Morgan fingerprint density at radius 2 is 1.80 bits per heavy atom. The van der Waals surface area contributed by atoms with Gasteiger partial charge in [0.2, 0.25) is 0 Å². The number of carbonyl (C=O) groups is 1. The first-order chi connectivity index (χ1) is 20.0. The number of halogens is 1. The first-order valence-electron chi connectivity index (χ1n) is 16.7. The van der Waals surface area contributed by atoms with Gasteiger partial charge in [-0.25, -0.2) is 4.39 Å². The number of aliphatic carboxylic acids is 1. The van der Waals surface area contributed by atoms with Crippen molar-refractivity contribution in [3.8, 4) is 0 Å². The lowest BCUT2D eigenvalue weighted by Crippen LogP contribution is -2.37. The van der Waals surface area contributed by atoms with Crippen molar-refractivity contribution in [1.29, 1.82) is 0 Å². The Bertz CT molecular complexity index is 1160. The van der Waals surface area contributed by atoms with Crippen LogP contribution in [0.2, 0.25) is 0 Å². The summed E-state index contributed by atoms with van der Waals surface area (Å²) in [6.45, 7) is 6.27. The molecule has 1 aromatic carbocycles. The maximum Gasteiger partial charge on any atom is 0.306 e. The van der Waals surface area contributed by atoms with Crippen LogP contribution in [0.15, 0.2) is 30.3 Å². The molecule has 4 aliphatic rings. The number of aromatic nitrogens is 2. The van der Waals surface area contributed by atoms with Crippen LogP contribution in [-0.4, -0.2) is 45.4 Å². The standard InChI is InChI=1S/C35H50FN3O2/c1-2-39-34(22-31(37-39)17-24-7-4-3-5-8-24)26-13-15-38(16-14-26)23-29-19-28(33(35(40)41)18-25-11-12-25)21-32(29)27-9-6-10-30(36)20-27/h6,9-10,20,22,24-26,28-29,32-33H,2-5,7-8,11-19,21,23H2,1H3,(H,40,41)/t28?,29?,32?,33-/m0/s1. The SMILES string of the molecule is CCn1nc(CC2CCCCC2)cc1C1CCN(CC2CC([C@H](CC3CC3)C(=O)O)CC2c2cccc(F)c2)CC1. The van der Waals surface area contributed by atoms with Gasteiger partial charge in [-0.3, -0.25) is 9.48 Å². The molecule has 4 fully saturated rings. The zero-order chi connectivity index (χ0) is 28.3.